The van der Waals surface area contributed by atoms with Gasteiger partial charge in [0.1, 0.15) is 12.1 Å². The summed E-state index contributed by atoms with van der Waals surface area (Å²) in [4.78, 5) is 37.7. The minimum atomic E-state index is -0.575. The van der Waals surface area contributed by atoms with Crippen molar-refractivity contribution in [1.82, 2.24) is 15.5 Å². The van der Waals surface area contributed by atoms with Gasteiger partial charge >= 0.3 is 6.09 Å². The first kappa shape index (κ1) is 20.5. The Morgan fingerprint density at radius 2 is 1.62 bits per heavy atom. The Morgan fingerprint density at radius 3 is 2.19 bits per heavy atom. The predicted octanol–water partition coefficient (Wildman–Crippen LogP) is 2.06. The lowest BCUT2D eigenvalue weighted by Gasteiger charge is -2.32. The molecule has 0 radical (unpaired) electrons. The first-order chi connectivity index (χ1) is 12.2. The first-order valence-electron chi connectivity index (χ1n) is 9.77. The summed E-state index contributed by atoms with van der Waals surface area (Å²) < 4.78 is 5.13. The molecular formula is C19H33N3O4. The number of hydrogen-bond acceptors (Lipinski definition) is 4. The number of carbonyl (C=O) groups excluding carboxylic acids is 3. The minimum absolute atomic E-state index is 0.0437. The highest BCUT2D eigenvalue weighted by atomic mass is 16.6. The second-order valence-corrected chi connectivity index (χ2v) is 8.41. The third-order valence-electron chi connectivity index (χ3n) is 5.04. The van der Waals surface area contributed by atoms with Crippen molar-refractivity contribution in [1.29, 1.82) is 0 Å². The van der Waals surface area contributed by atoms with Crippen LogP contribution in [0.5, 0.6) is 0 Å². The van der Waals surface area contributed by atoms with Crippen molar-refractivity contribution in [2.75, 3.05) is 26.2 Å². The molecule has 2 N–H and O–H groups in total. The third kappa shape index (κ3) is 6.84. The van der Waals surface area contributed by atoms with Gasteiger partial charge in [-0.15, -0.1) is 0 Å². The summed E-state index contributed by atoms with van der Waals surface area (Å²) in [7, 11) is 0. The lowest BCUT2D eigenvalue weighted by Crippen LogP contribution is -2.46. The molecule has 7 nitrogen and oxygen atoms in total. The van der Waals surface area contributed by atoms with Crippen molar-refractivity contribution in [2.24, 2.45) is 11.8 Å². The molecule has 1 aliphatic carbocycles. The van der Waals surface area contributed by atoms with E-state index in [9.17, 15) is 14.4 Å². The topological polar surface area (TPSA) is 87.7 Å². The Labute approximate surface area is 156 Å². The molecule has 0 atom stereocenters. The Bertz CT molecular complexity index is 501. The van der Waals surface area contributed by atoms with Gasteiger partial charge < -0.3 is 20.3 Å². The molecule has 0 aromatic heterocycles. The number of ether oxygens (including phenoxy) is 1. The standard InChI is InChI=1S/C19H33N3O4/c1-19(2,3)26-18(25)21-13-16(23)22-10-8-14(9-11-22)12-20-17(24)15-6-4-5-7-15/h14-15H,4-13H2,1-3H3,(H,20,24)(H,21,25). The van der Waals surface area contributed by atoms with Crippen LogP contribution < -0.4 is 10.6 Å². The molecule has 2 rings (SSSR count). The first-order valence-corrected chi connectivity index (χ1v) is 9.77. The lowest BCUT2D eigenvalue weighted by molar-refractivity contribution is -0.132. The molecule has 0 spiro atoms. The smallest absolute Gasteiger partial charge is 0.408 e. The minimum Gasteiger partial charge on any atom is -0.444 e. The van der Waals surface area contributed by atoms with Gasteiger partial charge in [0.25, 0.3) is 0 Å². The summed E-state index contributed by atoms with van der Waals surface area (Å²) in [5.41, 5.74) is -0.575. The summed E-state index contributed by atoms with van der Waals surface area (Å²) in [6.45, 7) is 7.34. The van der Waals surface area contributed by atoms with Crippen molar-refractivity contribution in [3.8, 4) is 0 Å². The Balaban J connectivity index is 1.62. The van der Waals surface area contributed by atoms with Gasteiger partial charge in [-0.1, -0.05) is 12.8 Å². The van der Waals surface area contributed by atoms with Crippen molar-refractivity contribution in [3.05, 3.63) is 0 Å². The van der Waals surface area contributed by atoms with E-state index >= 15 is 0 Å². The van der Waals surface area contributed by atoms with Crippen molar-refractivity contribution >= 4 is 17.9 Å². The highest BCUT2D eigenvalue weighted by Gasteiger charge is 2.26. The van der Waals surface area contributed by atoms with E-state index in [2.05, 4.69) is 10.6 Å². The maximum absolute atomic E-state index is 12.2. The number of likely N-dealkylation sites (tertiary alicyclic amines) is 1. The van der Waals surface area contributed by atoms with E-state index in [1.165, 1.54) is 0 Å². The van der Waals surface area contributed by atoms with Gasteiger partial charge in [-0.05, 0) is 52.4 Å². The Hall–Kier alpha value is -1.79. The summed E-state index contributed by atoms with van der Waals surface area (Å²) in [5.74, 6) is 0.727. The average molecular weight is 367 g/mol. The molecular weight excluding hydrogens is 334 g/mol. The van der Waals surface area contributed by atoms with Gasteiger partial charge in [0.15, 0.2) is 0 Å². The number of amides is 3. The van der Waals surface area contributed by atoms with Crippen molar-refractivity contribution < 1.29 is 19.1 Å². The lowest BCUT2D eigenvalue weighted by atomic mass is 9.96. The molecule has 3 amide bonds. The zero-order chi connectivity index (χ0) is 19.2. The van der Waals surface area contributed by atoms with E-state index in [-0.39, 0.29) is 24.3 Å². The molecule has 26 heavy (non-hydrogen) atoms. The van der Waals surface area contributed by atoms with E-state index in [0.29, 0.717) is 25.6 Å². The molecule has 0 unspecified atom stereocenters. The van der Waals surface area contributed by atoms with Gasteiger partial charge in [-0.3, -0.25) is 9.59 Å². The van der Waals surface area contributed by atoms with Crippen LogP contribution in [0.4, 0.5) is 4.79 Å². The fourth-order valence-corrected chi connectivity index (χ4v) is 3.54. The van der Waals surface area contributed by atoms with Gasteiger partial charge in [-0.25, -0.2) is 4.79 Å². The molecule has 0 aromatic rings. The summed E-state index contributed by atoms with van der Waals surface area (Å²) in [5, 5.41) is 5.59. The molecule has 148 valence electrons. The number of nitrogens with zero attached hydrogens (tertiary/aromatic N) is 1. The van der Waals surface area contributed by atoms with Gasteiger partial charge in [0.2, 0.25) is 11.8 Å². The quantitative estimate of drug-likeness (QED) is 0.778. The van der Waals surface area contributed by atoms with Crippen LogP contribution in [0, 0.1) is 11.8 Å². The normalized spacial score (nSPS) is 19.3. The van der Waals surface area contributed by atoms with E-state index < -0.39 is 11.7 Å². The maximum Gasteiger partial charge on any atom is 0.408 e. The summed E-state index contributed by atoms with van der Waals surface area (Å²) in [6.07, 6.45) is 5.54. The zero-order valence-corrected chi connectivity index (χ0v) is 16.3. The van der Waals surface area contributed by atoms with Gasteiger partial charge in [0.05, 0.1) is 0 Å². The monoisotopic (exact) mass is 367 g/mol. The maximum atomic E-state index is 12.2. The van der Waals surface area contributed by atoms with Crippen molar-refractivity contribution in [2.45, 2.75) is 64.9 Å². The molecule has 2 fully saturated rings. The molecule has 7 heteroatoms. The van der Waals surface area contributed by atoms with E-state index in [0.717, 1.165) is 38.5 Å². The molecule has 1 heterocycles. The molecule has 1 saturated carbocycles. The third-order valence-corrected chi connectivity index (χ3v) is 5.04. The number of alkyl carbamates (subject to hydrolysis) is 1. The van der Waals surface area contributed by atoms with Crippen LogP contribution in [-0.4, -0.2) is 54.6 Å². The van der Waals surface area contributed by atoms with Crippen LogP contribution in [0.25, 0.3) is 0 Å². The molecule has 0 bridgehead atoms. The summed E-state index contributed by atoms with van der Waals surface area (Å²) in [6, 6.07) is 0. The second kappa shape index (κ2) is 9.24. The SMILES string of the molecule is CC(C)(C)OC(=O)NCC(=O)N1CCC(CNC(=O)C2CCCC2)CC1. The van der Waals surface area contributed by atoms with Crippen LogP contribution in [0.3, 0.4) is 0 Å². The molecule has 1 aliphatic heterocycles. The van der Waals surface area contributed by atoms with Crippen LogP contribution in [0.1, 0.15) is 59.3 Å². The molecule has 0 aromatic carbocycles. The van der Waals surface area contributed by atoms with Crippen molar-refractivity contribution in [3.63, 3.8) is 0 Å². The summed E-state index contributed by atoms with van der Waals surface area (Å²) >= 11 is 0. The number of hydrogen-bond donors (Lipinski definition) is 2. The molecule has 1 saturated heterocycles. The van der Waals surface area contributed by atoms with Crippen LogP contribution in [0.15, 0.2) is 0 Å². The fourth-order valence-electron chi connectivity index (χ4n) is 3.54. The van der Waals surface area contributed by atoms with E-state index in [1.807, 2.05) is 0 Å². The Morgan fingerprint density at radius 1 is 1.00 bits per heavy atom. The predicted molar refractivity (Wildman–Crippen MR) is 98.5 cm³/mol. The van der Waals surface area contributed by atoms with Crippen LogP contribution in [0.2, 0.25) is 0 Å². The highest BCUT2D eigenvalue weighted by Crippen LogP contribution is 2.25. The fraction of sp³-hybridized carbons (Fsp3) is 0.842. The average Bonchev–Trinajstić information content (AvgIpc) is 3.11. The molecule has 2 aliphatic rings. The number of nitrogens with one attached hydrogen (secondary N) is 2. The van der Waals surface area contributed by atoms with Gasteiger partial charge in [-0.2, -0.15) is 0 Å². The number of carbonyl (C=O) groups is 3. The number of rotatable bonds is 5. The van der Waals surface area contributed by atoms with Gasteiger partial charge in [0, 0.05) is 25.6 Å². The second-order valence-electron chi connectivity index (χ2n) is 8.41. The highest BCUT2D eigenvalue weighted by molar-refractivity contribution is 5.82. The van der Waals surface area contributed by atoms with Crippen LogP contribution in [-0.2, 0) is 14.3 Å². The largest absolute Gasteiger partial charge is 0.444 e. The van der Waals surface area contributed by atoms with E-state index in [1.54, 1.807) is 25.7 Å². The number of piperidine rings is 1. The Kier molecular flexibility index (Phi) is 7.29. The zero-order valence-electron chi connectivity index (χ0n) is 16.3. The van der Waals surface area contributed by atoms with E-state index in [4.69, 9.17) is 4.74 Å². The van der Waals surface area contributed by atoms with Crippen LogP contribution >= 0.6 is 0 Å².